The van der Waals surface area contributed by atoms with Gasteiger partial charge >= 0.3 is 0 Å². The maximum atomic E-state index is 6.08. The van der Waals surface area contributed by atoms with Gasteiger partial charge in [-0.25, -0.2) is 0 Å². The number of aryl methyl sites for hydroxylation is 2. The summed E-state index contributed by atoms with van der Waals surface area (Å²) in [5.74, 6) is 3.00. The third kappa shape index (κ3) is 3.72. The van der Waals surface area contributed by atoms with E-state index < -0.39 is 0 Å². The minimum Gasteiger partial charge on any atom is -0.497 e. The first-order valence-electron chi connectivity index (χ1n) is 10.7. The molecule has 0 amide bonds. The highest BCUT2D eigenvalue weighted by Crippen LogP contribution is 2.40. The summed E-state index contributed by atoms with van der Waals surface area (Å²) >= 11 is 1.81. The predicted molar refractivity (Wildman–Crippen MR) is 116 cm³/mol. The lowest BCUT2D eigenvalue weighted by molar-refractivity contribution is 0.220. The van der Waals surface area contributed by atoms with Crippen LogP contribution in [0.15, 0.2) is 28.7 Å². The molecule has 6 nitrogen and oxygen atoms in total. The number of methoxy groups -OCH3 is 2. The van der Waals surface area contributed by atoms with Crippen molar-refractivity contribution in [2.24, 2.45) is 0 Å². The molecular weight excluding hydrogens is 398 g/mol. The van der Waals surface area contributed by atoms with Gasteiger partial charge in [-0.15, -0.1) is 21.5 Å². The molecule has 3 heterocycles. The van der Waals surface area contributed by atoms with E-state index in [2.05, 4.69) is 27.2 Å². The van der Waals surface area contributed by atoms with Crippen molar-refractivity contribution in [3.05, 3.63) is 46.2 Å². The summed E-state index contributed by atoms with van der Waals surface area (Å²) in [5, 5.41) is 8.71. The van der Waals surface area contributed by atoms with E-state index in [0.29, 0.717) is 18.3 Å². The average Bonchev–Trinajstić information content (AvgIpc) is 3.52. The van der Waals surface area contributed by atoms with Crippen LogP contribution in [0.2, 0.25) is 0 Å². The number of ether oxygens (including phenoxy) is 2. The molecular formula is C23H27N3O3S. The molecule has 2 aliphatic rings. The van der Waals surface area contributed by atoms with Crippen molar-refractivity contribution in [2.75, 3.05) is 20.8 Å². The summed E-state index contributed by atoms with van der Waals surface area (Å²) in [4.78, 5) is 5.00. The smallest absolute Gasteiger partial charge is 0.257 e. The van der Waals surface area contributed by atoms with Gasteiger partial charge in [0.15, 0.2) is 0 Å². The predicted octanol–water partition coefficient (Wildman–Crippen LogP) is 5.03. The normalized spacial score (nSPS) is 19.1. The van der Waals surface area contributed by atoms with E-state index in [1.165, 1.54) is 41.7 Å². The number of hydrogen-bond donors (Lipinski definition) is 0. The topological polar surface area (TPSA) is 60.6 Å². The SMILES string of the molecule is COc1ccc(C2CCCN2Cc2nnc(-c3cc4c(s3)CCCC4)o2)c(OC)c1. The largest absolute Gasteiger partial charge is 0.497 e. The number of likely N-dealkylation sites (tertiary alicyclic amines) is 1. The molecule has 5 rings (SSSR count). The number of thiophene rings is 1. The van der Waals surface area contributed by atoms with E-state index in [1.54, 1.807) is 14.2 Å². The zero-order valence-electron chi connectivity index (χ0n) is 17.5. The highest BCUT2D eigenvalue weighted by atomic mass is 32.1. The lowest BCUT2D eigenvalue weighted by atomic mass is 9.99. The molecule has 0 radical (unpaired) electrons. The van der Waals surface area contributed by atoms with Crippen LogP contribution < -0.4 is 9.47 Å². The highest BCUT2D eigenvalue weighted by Gasteiger charge is 2.30. The van der Waals surface area contributed by atoms with Crippen LogP contribution in [0.25, 0.3) is 10.8 Å². The van der Waals surface area contributed by atoms with Crippen LogP contribution in [0.3, 0.4) is 0 Å². The molecule has 3 aromatic rings. The van der Waals surface area contributed by atoms with Crippen molar-refractivity contribution in [3.63, 3.8) is 0 Å². The fourth-order valence-electron chi connectivity index (χ4n) is 4.65. The Morgan fingerprint density at radius 3 is 2.83 bits per heavy atom. The molecule has 1 saturated heterocycles. The fraction of sp³-hybridized carbons (Fsp3) is 0.478. The lowest BCUT2D eigenvalue weighted by Gasteiger charge is -2.25. The minimum atomic E-state index is 0.273. The van der Waals surface area contributed by atoms with E-state index in [4.69, 9.17) is 13.9 Å². The van der Waals surface area contributed by atoms with Gasteiger partial charge in [-0.3, -0.25) is 4.90 Å². The standard InChI is InChI=1S/C23H27N3O3S/c1-27-16-9-10-17(19(13-16)28-2)18-7-5-11-26(18)14-22-24-25-23(29-22)21-12-15-6-3-4-8-20(15)30-21/h9-10,12-13,18H,3-8,11,14H2,1-2H3. The van der Waals surface area contributed by atoms with Gasteiger partial charge in [-0.2, -0.15) is 0 Å². The zero-order chi connectivity index (χ0) is 20.5. The number of hydrogen-bond acceptors (Lipinski definition) is 7. The third-order valence-electron chi connectivity index (χ3n) is 6.18. The van der Waals surface area contributed by atoms with Crippen molar-refractivity contribution < 1.29 is 13.9 Å². The van der Waals surface area contributed by atoms with Crippen LogP contribution in [-0.2, 0) is 19.4 Å². The van der Waals surface area contributed by atoms with E-state index in [-0.39, 0.29) is 6.04 Å². The van der Waals surface area contributed by atoms with Crippen LogP contribution >= 0.6 is 11.3 Å². The molecule has 0 saturated carbocycles. The van der Waals surface area contributed by atoms with Gasteiger partial charge < -0.3 is 13.9 Å². The maximum Gasteiger partial charge on any atom is 0.257 e. The summed E-state index contributed by atoms with van der Waals surface area (Å²) in [6, 6.07) is 8.58. The van der Waals surface area contributed by atoms with Crippen LogP contribution in [0.4, 0.5) is 0 Å². The zero-order valence-corrected chi connectivity index (χ0v) is 18.3. The fourth-order valence-corrected chi connectivity index (χ4v) is 5.82. The first-order valence-corrected chi connectivity index (χ1v) is 11.5. The lowest BCUT2D eigenvalue weighted by Crippen LogP contribution is -2.23. The van der Waals surface area contributed by atoms with Crippen molar-refractivity contribution in [3.8, 4) is 22.3 Å². The Hall–Kier alpha value is -2.38. The molecule has 0 bridgehead atoms. The van der Waals surface area contributed by atoms with Crippen molar-refractivity contribution in [2.45, 2.75) is 51.1 Å². The average molecular weight is 426 g/mol. The number of fused-ring (bicyclic) bond motifs is 1. The van der Waals surface area contributed by atoms with E-state index in [1.807, 2.05) is 23.5 Å². The summed E-state index contributed by atoms with van der Waals surface area (Å²) < 4.78 is 17.1. The molecule has 158 valence electrons. The highest BCUT2D eigenvalue weighted by molar-refractivity contribution is 7.15. The van der Waals surface area contributed by atoms with Crippen molar-refractivity contribution >= 4 is 11.3 Å². The van der Waals surface area contributed by atoms with Gasteiger partial charge in [0.2, 0.25) is 5.89 Å². The Kier molecular flexibility index (Phi) is 5.48. The third-order valence-corrected chi connectivity index (χ3v) is 7.40. The van der Waals surface area contributed by atoms with Crippen molar-refractivity contribution in [1.82, 2.24) is 15.1 Å². The molecule has 1 aliphatic carbocycles. The van der Waals surface area contributed by atoms with Crippen LogP contribution in [0, 0.1) is 0 Å². The molecule has 1 fully saturated rings. The van der Waals surface area contributed by atoms with E-state index in [9.17, 15) is 0 Å². The van der Waals surface area contributed by atoms with Crippen LogP contribution in [-0.4, -0.2) is 35.9 Å². The number of benzene rings is 1. The van der Waals surface area contributed by atoms with Gasteiger partial charge in [0.1, 0.15) is 11.5 Å². The van der Waals surface area contributed by atoms with E-state index in [0.717, 1.165) is 35.8 Å². The second kappa shape index (κ2) is 8.40. The molecule has 1 atom stereocenters. The molecule has 30 heavy (non-hydrogen) atoms. The van der Waals surface area contributed by atoms with Crippen LogP contribution in [0.5, 0.6) is 11.5 Å². The Labute approximate surface area is 180 Å². The second-order valence-corrected chi connectivity index (χ2v) is 9.14. The Bertz CT molecular complexity index is 1010. The minimum absolute atomic E-state index is 0.273. The Balaban J connectivity index is 1.34. The monoisotopic (exact) mass is 425 g/mol. The summed E-state index contributed by atoms with van der Waals surface area (Å²) in [7, 11) is 3.38. The quantitative estimate of drug-likeness (QED) is 0.552. The number of nitrogens with zero attached hydrogens (tertiary/aromatic N) is 3. The van der Waals surface area contributed by atoms with Gasteiger partial charge in [0.25, 0.3) is 5.89 Å². The molecule has 0 spiro atoms. The Morgan fingerprint density at radius 1 is 1.10 bits per heavy atom. The number of aromatic nitrogens is 2. The molecule has 1 unspecified atom stereocenters. The van der Waals surface area contributed by atoms with E-state index >= 15 is 0 Å². The molecule has 0 N–H and O–H groups in total. The summed E-state index contributed by atoms with van der Waals surface area (Å²) in [5.41, 5.74) is 2.65. The molecule has 1 aromatic carbocycles. The molecule has 2 aromatic heterocycles. The van der Waals surface area contributed by atoms with Gasteiger partial charge in [-0.05, 0) is 62.8 Å². The van der Waals surface area contributed by atoms with Crippen molar-refractivity contribution in [1.29, 1.82) is 0 Å². The van der Waals surface area contributed by atoms with Crippen LogP contribution in [0.1, 0.15) is 53.6 Å². The summed E-state index contributed by atoms with van der Waals surface area (Å²) in [6.45, 7) is 1.66. The van der Waals surface area contributed by atoms with Gasteiger partial charge in [0.05, 0.1) is 25.6 Å². The maximum absolute atomic E-state index is 6.08. The molecule has 1 aliphatic heterocycles. The molecule has 7 heteroatoms. The Morgan fingerprint density at radius 2 is 2.00 bits per heavy atom. The second-order valence-electron chi connectivity index (χ2n) is 8.00. The summed E-state index contributed by atoms with van der Waals surface area (Å²) in [6.07, 6.45) is 7.14. The first-order chi connectivity index (χ1) is 14.7. The van der Waals surface area contributed by atoms with Gasteiger partial charge in [0, 0.05) is 22.5 Å². The van der Waals surface area contributed by atoms with Gasteiger partial charge in [-0.1, -0.05) is 6.07 Å². The first kappa shape index (κ1) is 19.6. The number of rotatable bonds is 6.